The first kappa shape index (κ1) is 10.0. The Bertz CT molecular complexity index is 175. The molecule has 62 valence electrons. The minimum absolute atomic E-state index is 0.679. The molecule has 0 rings (SSSR count). The molecule has 0 heterocycles. The summed E-state index contributed by atoms with van der Waals surface area (Å²) in [6.45, 7) is 10.4. The highest BCUT2D eigenvalue weighted by molar-refractivity contribution is 5.21. The van der Waals surface area contributed by atoms with Crippen LogP contribution >= 0.6 is 0 Å². The van der Waals surface area contributed by atoms with Gasteiger partial charge in [-0.05, 0) is 26.8 Å². The fourth-order valence-electron chi connectivity index (χ4n) is 0.554. The quantitative estimate of drug-likeness (QED) is 0.444. The second-order valence-electron chi connectivity index (χ2n) is 2.27. The van der Waals surface area contributed by atoms with E-state index in [4.69, 9.17) is 4.74 Å². The van der Waals surface area contributed by atoms with Crippen LogP contribution in [-0.4, -0.2) is 6.61 Å². The van der Waals surface area contributed by atoms with Crippen molar-refractivity contribution in [1.29, 1.82) is 0 Å². The first-order valence-electron chi connectivity index (χ1n) is 3.83. The van der Waals surface area contributed by atoms with Crippen LogP contribution in [0, 0.1) is 0 Å². The molecular formula is C10H16O. The molecule has 0 N–H and O–H groups in total. The highest BCUT2D eigenvalue weighted by Gasteiger charge is 1.84. The molecule has 0 aliphatic rings. The van der Waals surface area contributed by atoms with E-state index in [2.05, 4.69) is 6.58 Å². The maximum Gasteiger partial charge on any atom is 0.112 e. The van der Waals surface area contributed by atoms with Crippen LogP contribution in [0.25, 0.3) is 0 Å². The van der Waals surface area contributed by atoms with Crippen molar-refractivity contribution >= 4 is 0 Å². The molecule has 11 heavy (non-hydrogen) atoms. The Hall–Kier alpha value is -0.980. The van der Waals surface area contributed by atoms with Crippen LogP contribution < -0.4 is 0 Å². The Morgan fingerprint density at radius 1 is 1.45 bits per heavy atom. The van der Waals surface area contributed by atoms with Gasteiger partial charge in [0.1, 0.15) is 5.76 Å². The van der Waals surface area contributed by atoms with Crippen LogP contribution in [0.15, 0.2) is 36.1 Å². The van der Waals surface area contributed by atoms with Gasteiger partial charge < -0.3 is 4.74 Å². The monoisotopic (exact) mass is 152 g/mol. The maximum absolute atomic E-state index is 5.13. The van der Waals surface area contributed by atoms with Gasteiger partial charge in [-0.3, -0.25) is 0 Å². The summed E-state index contributed by atoms with van der Waals surface area (Å²) in [6, 6.07) is 0. The normalized spacial score (nSPS) is 12.1. The second-order valence-corrected chi connectivity index (χ2v) is 2.27. The van der Waals surface area contributed by atoms with Crippen LogP contribution in [0.1, 0.15) is 20.8 Å². The Morgan fingerprint density at radius 3 is 2.55 bits per heavy atom. The summed E-state index contributed by atoms with van der Waals surface area (Å²) in [4.78, 5) is 0. The van der Waals surface area contributed by atoms with E-state index in [0.29, 0.717) is 12.4 Å². The first-order valence-corrected chi connectivity index (χ1v) is 3.83. The molecule has 0 aliphatic carbocycles. The summed E-state index contributed by atoms with van der Waals surface area (Å²) < 4.78 is 5.13. The van der Waals surface area contributed by atoms with Gasteiger partial charge in [-0.1, -0.05) is 24.3 Å². The third-order valence-corrected chi connectivity index (χ3v) is 1.32. The van der Waals surface area contributed by atoms with Gasteiger partial charge in [0.25, 0.3) is 0 Å². The molecule has 0 aromatic heterocycles. The van der Waals surface area contributed by atoms with E-state index in [0.717, 1.165) is 0 Å². The molecule has 0 aromatic rings. The van der Waals surface area contributed by atoms with E-state index >= 15 is 0 Å². The number of rotatable bonds is 4. The van der Waals surface area contributed by atoms with Crippen molar-refractivity contribution in [2.45, 2.75) is 20.8 Å². The Balaban J connectivity index is 3.83. The summed E-state index contributed by atoms with van der Waals surface area (Å²) in [5.41, 5.74) is 1.21. The summed E-state index contributed by atoms with van der Waals surface area (Å²) in [5.74, 6) is 0.716. The van der Waals surface area contributed by atoms with Crippen molar-refractivity contribution in [2.24, 2.45) is 0 Å². The topological polar surface area (TPSA) is 9.23 Å². The standard InChI is InChI=1S/C10H16O/c1-5-9(3)7-8-10(4)11-6-2/h5,7-8H,4,6H2,1-3H3/b8-7-,9-5-. The molecular weight excluding hydrogens is 136 g/mol. The van der Waals surface area contributed by atoms with Gasteiger partial charge in [-0.2, -0.15) is 0 Å². The smallest absolute Gasteiger partial charge is 0.112 e. The highest BCUT2D eigenvalue weighted by Crippen LogP contribution is 1.99. The zero-order chi connectivity index (χ0) is 8.69. The highest BCUT2D eigenvalue weighted by atomic mass is 16.5. The van der Waals surface area contributed by atoms with Crippen molar-refractivity contribution in [3.63, 3.8) is 0 Å². The lowest BCUT2D eigenvalue weighted by Crippen LogP contribution is -1.84. The van der Waals surface area contributed by atoms with E-state index in [1.165, 1.54) is 5.57 Å². The lowest BCUT2D eigenvalue weighted by atomic mass is 10.2. The van der Waals surface area contributed by atoms with Crippen molar-refractivity contribution in [3.8, 4) is 0 Å². The lowest BCUT2D eigenvalue weighted by Gasteiger charge is -1.99. The van der Waals surface area contributed by atoms with Crippen molar-refractivity contribution in [1.82, 2.24) is 0 Å². The van der Waals surface area contributed by atoms with Crippen molar-refractivity contribution in [3.05, 3.63) is 36.1 Å². The lowest BCUT2D eigenvalue weighted by molar-refractivity contribution is 0.244. The summed E-state index contributed by atoms with van der Waals surface area (Å²) in [5, 5.41) is 0. The van der Waals surface area contributed by atoms with E-state index < -0.39 is 0 Å². The van der Waals surface area contributed by atoms with Crippen LogP contribution in [0.3, 0.4) is 0 Å². The van der Waals surface area contributed by atoms with Gasteiger partial charge in [0.15, 0.2) is 0 Å². The number of allylic oxidation sites excluding steroid dienone is 4. The summed E-state index contributed by atoms with van der Waals surface area (Å²) >= 11 is 0. The molecule has 1 nitrogen and oxygen atoms in total. The zero-order valence-electron chi connectivity index (χ0n) is 7.55. The Labute approximate surface area is 69.1 Å². The molecule has 0 atom stereocenters. The van der Waals surface area contributed by atoms with E-state index in [1.54, 1.807) is 0 Å². The van der Waals surface area contributed by atoms with Gasteiger partial charge in [-0.25, -0.2) is 0 Å². The van der Waals surface area contributed by atoms with Crippen molar-refractivity contribution in [2.75, 3.05) is 6.61 Å². The first-order chi connectivity index (χ1) is 5.20. The molecule has 0 radical (unpaired) electrons. The van der Waals surface area contributed by atoms with Crippen molar-refractivity contribution < 1.29 is 4.74 Å². The summed E-state index contributed by atoms with van der Waals surface area (Å²) in [7, 11) is 0. The Morgan fingerprint density at radius 2 is 2.09 bits per heavy atom. The molecule has 0 aromatic carbocycles. The molecule has 0 unspecified atom stereocenters. The van der Waals surface area contributed by atoms with Crippen LogP contribution in [0.5, 0.6) is 0 Å². The Kier molecular flexibility index (Phi) is 5.26. The molecule has 0 saturated carbocycles. The van der Waals surface area contributed by atoms with E-state index in [9.17, 15) is 0 Å². The van der Waals surface area contributed by atoms with Gasteiger partial charge in [0.2, 0.25) is 0 Å². The molecule has 1 heteroatoms. The molecule has 0 spiro atoms. The number of hydrogen-bond donors (Lipinski definition) is 0. The fourth-order valence-corrected chi connectivity index (χ4v) is 0.554. The molecule has 0 saturated heterocycles. The average Bonchev–Trinajstić information content (AvgIpc) is 2.01. The molecule has 0 aliphatic heterocycles. The zero-order valence-corrected chi connectivity index (χ0v) is 7.55. The largest absolute Gasteiger partial charge is 0.495 e. The fraction of sp³-hybridized carbons (Fsp3) is 0.400. The number of hydrogen-bond acceptors (Lipinski definition) is 1. The predicted molar refractivity (Wildman–Crippen MR) is 49.3 cm³/mol. The van der Waals surface area contributed by atoms with Crippen LogP contribution in [0.2, 0.25) is 0 Å². The summed E-state index contributed by atoms with van der Waals surface area (Å²) in [6.07, 6.45) is 5.90. The maximum atomic E-state index is 5.13. The van der Waals surface area contributed by atoms with Crippen LogP contribution in [-0.2, 0) is 4.74 Å². The third kappa shape index (κ3) is 5.46. The minimum Gasteiger partial charge on any atom is -0.495 e. The van der Waals surface area contributed by atoms with Gasteiger partial charge in [0.05, 0.1) is 6.61 Å². The second kappa shape index (κ2) is 5.78. The SMILES string of the molecule is C=C(/C=C\C(C)=C/C)OCC. The third-order valence-electron chi connectivity index (χ3n) is 1.32. The van der Waals surface area contributed by atoms with E-state index in [1.807, 2.05) is 39.0 Å². The van der Waals surface area contributed by atoms with E-state index in [-0.39, 0.29) is 0 Å². The molecule has 0 fully saturated rings. The average molecular weight is 152 g/mol. The predicted octanol–water partition coefficient (Wildman–Crippen LogP) is 3.06. The van der Waals surface area contributed by atoms with Gasteiger partial charge in [0, 0.05) is 0 Å². The van der Waals surface area contributed by atoms with Gasteiger partial charge >= 0.3 is 0 Å². The minimum atomic E-state index is 0.679. The van der Waals surface area contributed by atoms with Gasteiger partial charge in [-0.15, -0.1) is 0 Å². The van der Waals surface area contributed by atoms with Crippen LogP contribution in [0.4, 0.5) is 0 Å². The molecule has 0 amide bonds. The number of ether oxygens (including phenoxy) is 1. The molecule has 0 bridgehead atoms.